The zero-order chi connectivity index (χ0) is 12.0. The monoisotopic (exact) mass is 291 g/mol. The Hall–Kier alpha value is -0.100. The molecule has 1 aromatic heterocycles. The zero-order valence-electron chi connectivity index (χ0n) is 9.25. The van der Waals surface area contributed by atoms with Crippen molar-refractivity contribution in [3.8, 4) is 0 Å². The van der Waals surface area contributed by atoms with Crippen LogP contribution in [0.1, 0.15) is 25.7 Å². The minimum absolute atomic E-state index is 0.114. The van der Waals surface area contributed by atoms with Gasteiger partial charge < -0.3 is 0 Å². The van der Waals surface area contributed by atoms with Crippen molar-refractivity contribution in [3.63, 3.8) is 0 Å². The van der Waals surface area contributed by atoms with Crippen LogP contribution in [0.3, 0.4) is 0 Å². The van der Waals surface area contributed by atoms with E-state index in [1.54, 1.807) is 16.4 Å². The Morgan fingerprint density at radius 3 is 2.47 bits per heavy atom. The summed E-state index contributed by atoms with van der Waals surface area (Å²) >= 11 is 7.46. The van der Waals surface area contributed by atoms with Crippen LogP contribution in [-0.2, 0) is 10.0 Å². The van der Waals surface area contributed by atoms with Crippen molar-refractivity contribution in [3.05, 3.63) is 17.5 Å². The molecule has 0 spiro atoms. The van der Waals surface area contributed by atoms with Crippen molar-refractivity contribution in [2.75, 3.05) is 0 Å². The van der Waals surface area contributed by atoms with Gasteiger partial charge in [-0.1, -0.05) is 6.07 Å². The number of fused-ring (bicyclic) bond motifs is 2. The van der Waals surface area contributed by atoms with Crippen LogP contribution in [0.25, 0.3) is 0 Å². The van der Waals surface area contributed by atoms with Crippen LogP contribution in [0.15, 0.2) is 21.7 Å². The molecular weight excluding hydrogens is 278 g/mol. The Morgan fingerprint density at radius 2 is 1.94 bits per heavy atom. The Bertz CT molecular complexity index is 486. The molecule has 1 aromatic rings. The average molecular weight is 292 g/mol. The SMILES string of the molecule is O=S(=O)(c1cccs1)N1C2CCC1CC(Cl)C2. The highest BCUT2D eigenvalue weighted by atomic mass is 35.5. The van der Waals surface area contributed by atoms with Crippen LogP contribution >= 0.6 is 22.9 Å². The van der Waals surface area contributed by atoms with Gasteiger partial charge in [-0.2, -0.15) is 4.31 Å². The standard InChI is InChI=1S/C11H14ClNO2S2/c12-8-6-9-3-4-10(7-8)13(9)17(14,15)11-2-1-5-16-11/h1-2,5,8-10H,3-4,6-7H2. The molecule has 2 atom stereocenters. The van der Waals surface area contributed by atoms with Gasteiger partial charge >= 0.3 is 0 Å². The van der Waals surface area contributed by atoms with Gasteiger partial charge in [0, 0.05) is 17.5 Å². The molecule has 0 radical (unpaired) electrons. The van der Waals surface area contributed by atoms with Gasteiger partial charge in [0.05, 0.1) is 0 Å². The number of hydrogen-bond donors (Lipinski definition) is 0. The molecule has 2 fully saturated rings. The van der Waals surface area contributed by atoms with Crippen molar-refractivity contribution in [2.24, 2.45) is 0 Å². The van der Waals surface area contributed by atoms with Gasteiger partial charge in [-0.25, -0.2) is 8.42 Å². The summed E-state index contributed by atoms with van der Waals surface area (Å²) in [6, 6.07) is 3.70. The highest BCUT2D eigenvalue weighted by Gasteiger charge is 2.46. The van der Waals surface area contributed by atoms with Crippen molar-refractivity contribution >= 4 is 33.0 Å². The second-order valence-corrected chi connectivity index (χ2v) is 8.36. The van der Waals surface area contributed by atoms with E-state index in [1.807, 2.05) is 5.38 Å². The third-order valence-electron chi connectivity index (χ3n) is 3.64. The van der Waals surface area contributed by atoms with E-state index in [2.05, 4.69) is 0 Å². The van der Waals surface area contributed by atoms with Crippen molar-refractivity contribution in [2.45, 2.75) is 47.4 Å². The Balaban J connectivity index is 1.96. The maximum Gasteiger partial charge on any atom is 0.253 e. The van der Waals surface area contributed by atoms with Crippen molar-refractivity contribution in [1.82, 2.24) is 4.31 Å². The van der Waals surface area contributed by atoms with Crippen molar-refractivity contribution in [1.29, 1.82) is 0 Å². The molecule has 2 aliphatic rings. The minimum Gasteiger partial charge on any atom is -0.206 e. The predicted octanol–water partition coefficient (Wildman–Crippen LogP) is 2.67. The molecule has 0 saturated carbocycles. The number of hydrogen-bond acceptors (Lipinski definition) is 3. The third-order valence-corrected chi connectivity index (χ3v) is 7.37. The molecule has 3 nitrogen and oxygen atoms in total. The molecule has 2 aliphatic heterocycles. The lowest BCUT2D eigenvalue weighted by Crippen LogP contribution is -2.46. The maximum absolute atomic E-state index is 12.5. The molecule has 2 saturated heterocycles. The smallest absolute Gasteiger partial charge is 0.206 e. The first-order valence-electron chi connectivity index (χ1n) is 5.80. The number of thiophene rings is 1. The lowest BCUT2D eigenvalue weighted by Gasteiger charge is -2.35. The van der Waals surface area contributed by atoms with Crippen LogP contribution in [0.2, 0.25) is 0 Å². The van der Waals surface area contributed by atoms with Crippen molar-refractivity contribution < 1.29 is 8.42 Å². The number of halogens is 1. The van der Waals surface area contributed by atoms with Crippen LogP contribution < -0.4 is 0 Å². The van der Waals surface area contributed by atoms with E-state index in [9.17, 15) is 8.42 Å². The molecule has 0 amide bonds. The van der Waals surface area contributed by atoms with E-state index in [4.69, 9.17) is 11.6 Å². The highest BCUT2D eigenvalue weighted by Crippen LogP contribution is 2.41. The molecule has 2 bridgehead atoms. The quantitative estimate of drug-likeness (QED) is 0.786. The summed E-state index contributed by atoms with van der Waals surface area (Å²) in [4.78, 5) is 0. The van der Waals surface area contributed by atoms with Crippen LogP contribution in [0.5, 0.6) is 0 Å². The molecule has 94 valence electrons. The molecule has 3 heterocycles. The number of rotatable bonds is 2. The first-order chi connectivity index (χ1) is 8.09. The van der Waals surface area contributed by atoms with Gasteiger partial charge in [0.25, 0.3) is 10.0 Å². The van der Waals surface area contributed by atoms with E-state index in [-0.39, 0.29) is 17.5 Å². The van der Waals surface area contributed by atoms with Gasteiger partial charge in [-0.05, 0) is 37.1 Å². The summed E-state index contributed by atoms with van der Waals surface area (Å²) < 4.78 is 27.2. The van der Waals surface area contributed by atoms with Crippen LogP contribution in [-0.4, -0.2) is 30.2 Å². The fraction of sp³-hybridized carbons (Fsp3) is 0.636. The topological polar surface area (TPSA) is 37.4 Å². The molecular formula is C11H14ClNO2S2. The second kappa shape index (κ2) is 4.23. The molecule has 17 heavy (non-hydrogen) atoms. The van der Waals surface area contributed by atoms with Gasteiger partial charge in [-0.3, -0.25) is 0 Å². The highest BCUT2D eigenvalue weighted by molar-refractivity contribution is 7.91. The second-order valence-electron chi connectivity index (χ2n) is 4.72. The predicted molar refractivity (Wildman–Crippen MR) is 69.0 cm³/mol. The largest absolute Gasteiger partial charge is 0.253 e. The number of piperidine rings is 1. The lowest BCUT2D eigenvalue weighted by molar-refractivity contribution is 0.252. The first-order valence-corrected chi connectivity index (χ1v) is 8.56. The van der Waals surface area contributed by atoms with Gasteiger partial charge in [-0.15, -0.1) is 22.9 Å². The van der Waals surface area contributed by atoms with Gasteiger partial charge in [0.2, 0.25) is 0 Å². The molecule has 0 aliphatic carbocycles. The van der Waals surface area contributed by atoms with E-state index < -0.39 is 10.0 Å². The molecule has 2 unspecified atom stereocenters. The number of sulfonamides is 1. The summed E-state index contributed by atoms with van der Waals surface area (Å²) in [6.07, 6.45) is 3.50. The van der Waals surface area contributed by atoms with E-state index in [0.717, 1.165) is 25.7 Å². The van der Waals surface area contributed by atoms with Gasteiger partial charge in [0.1, 0.15) is 4.21 Å². The lowest BCUT2D eigenvalue weighted by atomic mass is 10.1. The van der Waals surface area contributed by atoms with Crippen LogP contribution in [0.4, 0.5) is 0 Å². The third kappa shape index (κ3) is 1.93. The number of nitrogens with zero attached hydrogens (tertiary/aromatic N) is 1. The molecule has 6 heteroatoms. The normalized spacial score (nSPS) is 34.1. The summed E-state index contributed by atoms with van der Waals surface area (Å²) in [6.45, 7) is 0. The molecule has 3 rings (SSSR count). The fourth-order valence-electron chi connectivity index (χ4n) is 2.97. The zero-order valence-corrected chi connectivity index (χ0v) is 11.6. The number of alkyl halides is 1. The Morgan fingerprint density at radius 1 is 1.29 bits per heavy atom. The summed E-state index contributed by atoms with van der Waals surface area (Å²) in [5, 5.41) is 1.95. The Kier molecular flexibility index (Phi) is 2.97. The van der Waals surface area contributed by atoms with Gasteiger partial charge in [0.15, 0.2) is 0 Å². The molecule has 0 aromatic carbocycles. The minimum atomic E-state index is -3.28. The Labute approximate surface area is 110 Å². The summed E-state index contributed by atoms with van der Waals surface area (Å²) in [5.41, 5.74) is 0. The molecule has 0 N–H and O–H groups in total. The fourth-order valence-corrected chi connectivity index (χ4v) is 6.37. The first kappa shape index (κ1) is 12.0. The average Bonchev–Trinajstić information content (AvgIpc) is 2.86. The van der Waals surface area contributed by atoms with E-state index >= 15 is 0 Å². The van der Waals surface area contributed by atoms with E-state index in [0.29, 0.717) is 4.21 Å². The maximum atomic E-state index is 12.5. The van der Waals surface area contributed by atoms with Crippen LogP contribution in [0, 0.1) is 0 Å². The summed E-state index contributed by atoms with van der Waals surface area (Å²) in [5.74, 6) is 0. The summed E-state index contributed by atoms with van der Waals surface area (Å²) in [7, 11) is -3.28. The van der Waals surface area contributed by atoms with E-state index in [1.165, 1.54) is 11.3 Å².